The third-order valence-corrected chi connectivity index (χ3v) is 5.36. The summed E-state index contributed by atoms with van der Waals surface area (Å²) >= 11 is 0. The van der Waals surface area contributed by atoms with E-state index in [1.807, 2.05) is 20.8 Å². The van der Waals surface area contributed by atoms with Crippen LogP contribution in [0.1, 0.15) is 111 Å². The third kappa shape index (κ3) is 16.1. The van der Waals surface area contributed by atoms with Crippen molar-refractivity contribution in [3.8, 4) is 0 Å². The minimum atomic E-state index is -0.360. The molecule has 0 saturated heterocycles. The number of ether oxygens (including phenoxy) is 1. The van der Waals surface area contributed by atoms with Crippen molar-refractivity contribution < 1.29 is 9.53 Å². The predicted octanol–water partition coefficient (Wildman–Crippen LogP) is 6.97. The average Bonchev–Trinajstić information content (AvgIpc) is 2.57. The summed E-state index contributed by atoms with van der Waals surface area (Å²) in [5.74, 6) is -0.184. The molecule has 0 aliphatic carbocycles. The summed E-state index contributed by atoms with van der Waals surface area (Å²) in [6.45, 7) is 11.7. The highest BCUT2D eigenvalue weighted by atomic mass is 35.5. The molecule has 0 aromatic carbocycles. The summed E-state index contributed by atoms with van der Waals surface area (Å²) in [7, 11) is 0. The Morgan fingerprint density at radius 3 is 1.74 bits per heavy atom. The first kappa shape index (κ1) is 28.7. The van der Waals surface area contributed by atoms with E-state index >= 15 is 0 Å². The van der Waals surface area contributed by atoms with Gasteiger partial charge in [0.15, 0.2) is 0 Å². The summed E-state index contributed by atoms with van der Waals surface area (Å²) in [6.07, 6.45) is 18.2. The molecular formula is C23H46ClNO2. The van der Waals surface area contributed by atoms with Gasteiger partial charge in [-0.05, 0) is 27.2 Å². The first-order chi connectivity index (χ1) is 12.3. The van der Waals surface area contributed by atoms with Crippen LogP contribution in [0.4, 0.5) is 0 Å². The maximum absolute atomic E-state index is 11.4. The van der Waals surface area contributed by atoms with Crippen molar-refractivity contribution in [3.63, 3.8) is 0 Å². The standard InChI is InChI=1S/C23H45NO2.ClH/c1-6-8-9-10-11-12-13-14-15-16-17-18-19-21(23(4,5)24)20(3)26-22(25)7-2;/h7,20-21H,2,6,8-19,24H2,1,3-5H3;1H. The lowest BCUT2D eigenvalue weighted by Gasteiger charge is -2.34. The third-order valence-electron chi connectivity index (χ3n) is 5.36. The van der Waals surface area contributed by atoms with Gasteiger partial charge in [-0.25, -0.2) is 4.79 Å². The topological polar surface area (TPSA) is 52.3 Å². The van der Waals surface area contributed by atoms with Crippen LogP contribution in [0, 0.1) is 5.92 Å². The molecule has 0 aromatic rings. The van der Waals surface area contributed by atoms with Crippen molar-refractivity contribution in [1.82, 2.24) is 0 Å². The van der Waals surface area contributed by atoms with E-state index in [1.54, 1.807) is 0 Å². The number of esters is 1. The normalized spacial score (nSPS) is 13.5. The van der Waals surface area contributed by atoms with Crippen LogP contribution in [0.5, 0.6) is 0 Å². The molecule has 2 atom stereocenters. The van der Waals surface area contributed by atoms with Crippen molar-refractivity contribution in [2.45, 2.75) is 123 Å². The summed E-state index contributed by atoms with van der Waals surface area (Å²) in [4.78, 5) is 11.4. The fourth-order valence-electron chi connectivity index (χ4n) is 3.73. The maximum Gasteiger partial charge on any atom is 0.330 e. The number of carbonyl (C=O) groups excluding carboxylic acids is 1. The van der Waals surface area contributed by atoms with Crippen LogP contribution < -0.4 is 5.73 Å². The molecule has 2 N–H and O–H groups in total. The van der Waals surface area contributed by atoms with E-state index in [-0.39, 0.29) is 35.9 Å². The lowest BCUT2D eigenvalue weighted by Crippen LogP contribution is -2.47. The number of hydrogen-bond donors (Lipinski definition) is 1. The van der Waals surface area contributed by atoms with E-state index in [9.17, 15) is 4.79 Å². The van der Waals surface area contributed by atoms with Gasteiger partial charge in [0.05, 0.1) is 0 Å². The Hall–Kier alpha value is -0.540. The molecule has 0 heterocycles. The number of halogens is 1. The van der Waals surface area contributed by atoms with Gasteiger partial charge >= 0.3 is 5.97 Å². The molecule has 0 amide bonds. The molecule has 162 valence electrons. The van der Waals surface area contributed by atoms with Crippen molar-refractivity contribution in [1.29, 1.82) is 0 Å². The SMILES string of the molecule is C=CC(=O)OC(C)C(CCCCCCCCCCCCCC)C(C)(C)N.Cl. The van der Waals surface area contributed by atoms with Crippen molar-refractivity contribution in [3.05, 3.63) is 12.7 Å². The summed E-state index contributed by atoms with van der Waals surface area (Å²) < 4.78 is 5.41. The minimum Gasteiger partial charge on any atom is -0.459 e. The molecule has 0 radical (unpaired) electrons. The lowest BCUT2D eigenvalue weighted by atomic mass is 9.80. The second-order valence-corrected chi connectivity index (χ2v) is 8.45. The van der Waals surface area contributed by atoms with E-state index in [0.717, 1.165) is 12.8 Å². The quantitative estimate of drug-likeness (QED) is 0.162. The first-order valence-electron chi connectivity index (χ1n) is 10.9. The van der Waals surface area contributed by atoms with Gasteiger partial charge in [0.25, 0.3) is 0 Å². The van der Waals surface area contributed by atoms with Crippen LogP contribution in [0.15, 0.2) is 12.7 Å². The van der Waals surface area contributed by atoms with Crippen molar-refractivity contribution in [2.75, 3.05) is 0 Å². The van der Waals surface area contributed by atoms with E-state index in [4.69, 9.17) is 10.5 Å². The summed E-state index contributed by atoms with van der Waals surface area (Å²) in [5.41, 5.74) is 5.97. The van der Waals surface area contributed by atoms with E-state index < -0.39 is 0 Å². The highest BCUT2D eigenvalue weighted by Crippen LogP contribution is 2.26. The second kappa shape index (κ2) is 17.6. The molecule has 0 saturated carbocycles. The largest absolute Gasteiger partial charge is 0.459 e. The molecule has 0 rings (SSSR count). The van der Waals surface area contributed by atoms with E-state index in [0.29, 0.717) is 0 Å². The Kier molecular flexibility index (Phi) is 18.6. The Balaban J connectivity index is 0. The zero-order chi connectivity index (χ0) is 19.8. The number of hydrogen-bond acceptors (Lipinski definition) is 3. The Labute approximate surface area is 175 Å². The fraction of sp³-hybridized carbons (Fsp3) is 0.870. The van der Waals surface area contributed by atoms with Crippen molar-refractivity contribution >= 4 is 18.4 Å². The van der Waals surface area contributed by atoms with Gasteiger partial charge in [0, 0.05) is 17.5 Å². The zero-order valence-electron chi connectivity index (χ0n) is 18.4. The molecule has 0 aliphatic heterocycles. The van der Waals surface area contributed by atoms with Crippen LogP contribution in [-0.4, -0.2) is 17.6 Å². The number of carbonyl (C=O) groups is 1. The molecule has 0 aromatic heterocycles. The Morgan fingerprint density at radius 1 is 0.963 bits per heavy atom. The Morgan fingerprint density at radius 2 is 1.37 bits per heavy atom. The Bertz CT molecular complexity index is 366. The van der Waals surface area contributed by atoms with Crippen LogP contribution in [-0.2, 0) is 9.53 Å². The molecule has 4 heteroatoms. The molecule has 0 aliphatic rings. The van der Waals surface area contributed by atoms with Gasteiger partial charge in [-0.1, -0.05) is 90.6 Å². The molecule has 2 unspecified atom stereocenters. The lowest BCUT2D eigenvalue weighted by molar-refractivity contribution is -0.145. The monoisotopic (exact) mass is 403 g/mol. The highest BCUT2D eigenvalue weighted by molar-refractivity contribution is 5.85. The van der Waals surface area contributed by atoms with Gasteiger partial charge in [-0.15, -0.1) is 12.4 Å². The van der Waals surface area contributed by atoms with Crippen LogP contribution in [0.3, 0.4) is 0 Å². The smallest absolute Gasteiger partial charge is 0.330 e. The fourth-order valence-corrected chi connectivity index (χ4v) is 3.73. The van der Waals surface area contributed by atoms with Crippen LogP contribution >= 0.6 is 12.4 Å². The highest BCUT2D eigenvalue weighted by Gasteiger charge is 2.31. The van der Waals surface area contributed by atoms with Gasteiger partial charge in [0.1, 0.15) is 6.10 Å². The maximum atomic E-state index is 11.4. The van der Waals surface area contributed by atoms with Crippen molar-refractivity contribution in [2.24, 2.45) is 11.7 Å². The number of unbranched alkanes of at least 4 members (excludes halogenated alkanes) is 11. The molecule has 27 heavy (non-hydrogen) atoms. The second-order valence-electron chi connectivity index (χ2n) is 8.45. The molecule has 3 nitrogen and oxygen atoms in total. The zero-order valence-corrected chi connectivity index (χ0v) is 19.3. The van der Waals surface area contributed by atoms with Gasteiger partial charge in [-0.2, -0.15) is 0 Å². The summed E-state index contributed by atoms with van der Waals surface area (Å²) in [6, 6.07) is 0. The van der Waals surface area contributed by atoms with Gasteiger partial charge in [-0.3, -0.25) is 0 Å². The van der Waals surface area contributed by atoms with Gasteiger partial charge < -0.3 is 10.5 Å². The molecule has 0 spiro atoms. The van der Waals surface area contributed by atoms with Crippen LogP contribution in [0.25, 0.3) is 0 Å². The van der Waals surface area contributed by atoms with Gasteiger partial charge in [0.2, 0.25) is 0 Å². The molecule has 0 fully saturated rings. The average molecular weight is 404 g/mol. The molecule has 0 bridgehead atoms. The number of rotatable bonds is 17. The van der Waals surface area contributed by atoms with E-state index in [1.165, 1.54) is 76.7 Å². The number of nitrogens with two attached hydrogens (primary N) is 1. The van der Waals surface area contributed by atoms with Crippen LogP contribution in [0.2, 0.25) is 0 Å². The van der Waals surface area contributed by atoms with E-state index in [2.05, 4.69) is 13.5 Å². The first-order valence-corrected chi connectivity index (χ1v) is 10.9. The minimum absolute atomic E-state index is 0. The molecular weight excluding hydrogens is 358 g/mol. The summed E-state index contributed by atoms with van der Waals surface area (Å²) in [5, 5.41) is 0. The predicted molar refractivity (Wildman–Crippen MR) is 120 cm³/mol.